The van der Waals surface area contributed by atoms with Gasteiger partial charge in [0.1, 0.15) is 13.2 Å². The van der Waals surface area contributed by atoms with Crippen molar-refractivity contribution in [1.82, 2.24) is 10.2 Å². The van der Waals surface area contributed by atoms with Crippen molar-refractivity contribution in [3.05, 3.63) is 59.7 Å². The Hall–Kier alpha value is -3.35. The minimum atomic E-state index is -1.05. The van der Waals surface area contributed by atoms with Crippen molar-refractivity contribution in [2.75, 3.05) is 13.2 Å². The number of carboxylic acid groups (broad SMARTS) is 1. The van der Waals surface area contributed by atoms with Gasteiger partial charge < -0.3 is 20.1 Å². The van der Waals surface area contributed by atoms with E-state index in [2.05, 4.69) is 29.6 Å². The van der Waals surface area contributed by atoms with E-state index < -0.39 is 18.1 Å². The van der Waals surface area contributed by atoms with Crippen molar-refractivity contribution in [3.63, 3.8) is 0 Å². The molecule has 7 nitrogen and oxygen atoms in total. The standard InChI is InChI=1S/C26H32N2O5/c1-4-17(3)28(15-25(30)31)24(29)14-18(5-2)27-26(32)33-16-23-21-12-8-6-10-19(21)20-11-7-9-13-22(20)23/h6-13,17-18,23H,4-5,14-16H2,1-3H3,(H,27,32)(H,30,31)/t17?,18-/m1/s1. The first-order valence-corrected chi connectivity index (χ1v) is 11.5. The third kappa shape index (κ3) is 5.72. The molecule has 0 radical (unpaired) electrons. The van der Waals surface area contributed by atoms with Crippen molar-refractivity contribution >= 4 is 18.0 Å². The van der Waals surface area contributed by atoms with Crippen LogP contribution in [0.4, 0.5) is 4.79 Å². The number of fused-ring (bicyclic) bond motifs is 3. The molecule has 1 aliphatic rings. The number of alkyl carbamates (subject to hydrolysis) is 1. The second-order valence-electron chi connectivity index (χ2n) is 8.45. The van der Waals surface area contributed by atoms with Gasteiger partial charge in [0, 0.05) is 24.4 Å². The number of rotatable bonds is 10. The van der Waals surface area contributed by atoms with Crippen LogP contribution in [0.5, 0.6) is 0 Å². The Morgan fingerprint density at radius 1 is 1.00 bits per heavy atom. The normalized spacial score (nSPS) is 14.0. The Morgan fingerprint density at radius 2 is 1.58 bits per heavy atom. The molecular weight excluding hydrogens is 420 g/mol. The maximum absolute atomic E-state index is 12.7. The topological polar surface area (TPSA) is 95.9 Å². The molecule has 1 aliphatic carbocycles. The molecule has 0 aliphatic heterocycles. The summed E-state index contributed by atoms with van der Waals surface area (Å²) in [6.07, 6.45) is 0.621. The summed E-state index contributed by atoms with van der Waals surface area (Å²) in [5.41, 5.74) is 4.57. The molecule has 33 heavy (non-hydrogen) atoms. The van der Waals surface area contributed by atoms with Crippen LogP contribution in [-0.4, -0.2) is 53.2 Å². The monoisotopic (exact) mass is 452 g/mol. The second-order valence-corrected chi connectivity index (χ2v) is 8.45. The van der Waals surface area contributed by atoms with Gasteiger partial charge in [0.25, 0.3) is 0 Å². The average Bonchev–Trinajstić information content (AvgIpc) is 3.13. The zero-order chi connectivity index (χ0) is 24.0. The highest BCUT2D eigenvalue weighted by molar-refractivity contribution is 5.82. The number of benzene rings is 2. The molecule has 0 fully saturated rings. The predicted molar refractivity (Wildman–Crippen MR) is 126 cm³/mol. The predicted octanol–water partition coefficient (Wildman–Crippen LogP) is 4.41. The van der Waals surface area contributed by atoms with Gasteiger partial charge in [-0.3, -0.25) is 9.59 Å². The molecular formula is C26H32N2O5. The fourth-order valence-corrected chi connectivity index (χ4v) is 4.29. The molecule has 7 heteroatoms. The third-order valence-corrected chi connectivity index (χ3v) is 6.33. The Labute approximate surface area is 194 Å². The number of amides is 2. The van der Waals surface area contributed by atoms with Crippen LogP contribution < -0.4 is 5.32 Å². The summed E-state index contributed by atoms with van der Waals surface area (Å²) in [6.45, 7) is 5.43. The number of hydrogen-bond acceptors (Lipinski definition) is 4. The summed E-state index contributed by atoms with van der Waals surface area (Å²) >= 11 is 0. The zero-order valence-electron chi connectivity index (χ0n) is 19.4. The van der Waals surface area contributed by atoms with Crippen LogP contribution in [0.25, 0.3) is 11.1 Å². The second kappa shape index (κ2) is 11.0. The Balaban J connectivity index is 1.61. The van der Waals surface area contributed by atoms with Gasteiger partial charge in [0.2, 0.25) is 5.91 Å². The summed E-state index contributed by atoms with van der Waals surface area (Å²) < 4.78 is 5.58. The summed E-state index contributed by atoms with van der Waals surface area (Å²) in [4.78, 5) is 37.8. The average molecular weight is 453 g/mol. The fraction of sp³-hybridized carbons (Fsp3) is 0.423. The van der Waals surface area contributed by atoms with Crippen LogP contribution in [0, 0.1) is 0 Å². The van der Waals surface area contributed by atoms with E-state index in [1.54, 1.807) is 0 Å². The van der Waals surface area contributed by atoms with E-state index in [1.165, 1.54) is 4.90 Å². The van der Waals surface area contributed by atoms with Gasteiger partial charge in [0.05, 0.1) is 0 Å². The molecule has 3 rings (SSSR count). The van der Waals surface area contributed by atoms with Crippen molar-refractivity contribution in [3.8, 4) is 11.1 Å². The molecule has 0 spiro atoms. The van der Waals surface area contributed by atoms with E-state index >= 15 is 0 Å². The zero-order valence-corrected chi connectivity index (χ0v) is 19.4. The number of aliphatic carboxylic acids is 1. The largest absolute Gasteiger partial charge is 0.480 e. The lowest BCUT2D eigenvalue weighted by molar-refractivity contribution is -0.146. The number of carbonyl (C=O) groups is 3. The lowest BCUT2D eigenvalue weighted by Crippen LogP contribution is -2.45. The highest BCUT2D eigenvalue weighted by Crippen LogP contribution is 2.44. The smallest absolute Gasteiger partial charge is 0.407 e. The Bertz CT molecular complexity index is 960. The van der Waals surface area contributed by atoms with Gasteiger partial charge in [-0.2, -0.15) is 0 Å². The number of nitrogens with zero attached hydrogens (tertiary/aromatic N) is 1. The highest BCUT2D eigenvalue weighted by atomic mass is 16.5. The molecule has 0 heterocycles. The van der Waals surface area contributed by atoms with Crippen LogP contribution in [-0.2, 0) is 14.3 Å². The maximum Gasteiger partial charge on any atom is 0.407 e. The van der Waals surface area contributed by atoms with Gasteiger partial charge in [-0.25, -0.2) is 4.79 Å². The molecule has 2 amide bonds. The Kier molecular flexibility index (Phi) is 8.09. The Morgan fingerprint density at radius 3 is 2.09 bits per heavy atom. The van der Waals surface area contributed by atoms with Crippen LogP contribution in [0.1, 0.15) is 57.1 Å². The summed E-state index contributed by atoms with van der Waals surface area (Å²) in [6, 6.07) is 15.6. The number of carbonyl (C=O) groups excluding carboxylic acids is 2. The summed E-state index contributed by atoms with van der Waals surface area (Å²) in [5.74, 6) is -1.39. The van der Waals surface area contributed by atoms with Crippen molar-refractivity contribution in [2.24, 2.45) is 0 Å². The first-order valence-electron chi connectivity index (χ1n) is 11.5. The lowest BCUT2D eigenvalue weighted by Gasteiger charge is -2.28. The first-order chi connectivity index (χ1) is 15.8. The van der Waals surface area contributed by atoms with Gasteiger partial charge in [-0.05, 0) is 42.0 Å². The van der Waals surface area contributed by atoms with Crippen molar-refractivity contribution in [1.29, 1.82) is 0 Å². The molecule has 176 valence electrons. The quantitative estimate of drug-likeness (QED) is 0.557. The molecule has 2 aromatic rings. The van der Waals surface area contributed by atoms with Crippen LogP contribution in [0.3, 0.4) is 0 Å². The molecule has 0 saturated carbocycles. The molecule has 0 bridgehead atoms. The molecule has 2 N–H and O–H groups in total. The van der Waals surface area contributed by atoms with E-state index in [4.69, 9.17) is 9.84 Å². The van der Waals surface area contributed by atoms with Gasteiger partial charge in [0.15, 0.2) is 0 Å². The van der Waals surface area contributed by atoms with Crippen molar-refractivity contribution < 1.29 is 24.2 Å². The SMILES string of the molecule is CCC(C)N(CC(=O)O)C(=O)C[C@@H](CC)NC(=O)OCC1c2ccccc2-c2ccccc21. The van der Waals surface area contributed by atoms with E-state index in [0.29, 0.717) is 12.8 Å². The van der Waals surface area contributed by atoms with E-state index in [9.17, 15) is 14.4 Å². The molecule has 1 unspecified atom stereocenters. The number of carboxylic acids is 1. The molecule has 0 aromatic heterocycles. The van der Waals surface area contributed by atoms with E-state index in [1.807, 2.05) is 45.0 Å². The number of ether oxygens (including phenoxy) is 1. The third-order valence-electron chi connectivity index (χ3n) is 6.33. The van der Waals surface area contributed by atoms with Crippen LogP contribution in [0.2, 0.25) is 0 Å². The van der Waals surface area contributed by atoms with Crippen LogP contribution in [0.15, 0.2) is 48.5 Å². The molecule has 2 atom stereocenters. The van der Waals surface area contributed by atoms with Gasteiger partial charge in [-0.15, -0.1) is 0 Å². The van der Waals surface area contributed by atoms with Crippen molar-refractivity contribution in [2.45, 2.75) is 58.0 Å². The van der Waals surface area contributed by atoms with E-state index in [0.717, 1.165) is 22.3 Å². The summed E-state index contributed by atoms with van der Waals surface area (Å²) in [5, 5.41) is 11.9. The van der Waals surface area contributed by atoms with Gasteiger partial charge >= 0.3 is 12.1 Å². The first kappa shape index (κ1) is 24.3. The minimum Gasteiger partial charge on any atom is -0.480 e. The highest BCUT2D eigenvalue weighted by Gasteiger charge is 2.30. The number of nitrogens with one attached hydrogen (secondary N) is 1. The number of hydrogen-bond donors (Lipinski definition) is 2. The van der Waals surface area contributed by atoms with Gasteiger partial charge in [-0.1, -0.05) is 62.4 Å². The van der Waals surface area contributed by atoms with E-state index in [-0.39, 0.29) is 37.4 Å². The fourth-order valence-electron chi connectivity index (χ4n) is 4.29. The minimum absolute atomic E-state index is 0.0261. The molecule has 0 saturated heterocycles. The summed E-state index contributed by atoms with van der Waals surface area (Å²) in [7, 11) is 0. The maximum atomic E-state index is 12.7. The lowest BCUT2D eigenvalue weighted by atomic mass is 9.98. The molecule has 2 aromatic carbocycles. The van der Waals surface area contributed by atoms with Crippen LogP contribution >= 0.6 is 0 Å².